The highest BCUT2D eigenvalue weighted by atomic mass is 35.5. The fraction of sp³-hybridized carbons (Fsp3) is 0.227. The monoisotopic (exact) mass is 437 g/mol. The number of aromatic nitrogens is 5. The third-order valence-corrected chi connectivity index (χ3v) is 4.82. The third-order valence-electron chi connectivity index (χ3n) is 4.49. The van der Waals surface area contributed by atoms with Crippen molar-refractivity contribution >= 4 is 17.6 Å². The first-order valence-electron chi connectivity index (χ1n) is 9.87. The van der Waals surface area contributed by atoms with Gasteiger partial charge in [-0.25, -0.2) is 4.98 Å². The van der Waals surface area contributed by atoms with E-state index in [0.717, 1.165) is 11.1 Å². The van der Waals surface area contributed by atoms with Crippen LogP contribution in [0.3, 0.4) is 0 Å². The number of halogens is 1. The summed E-state index contributed by atoms with van der Waals surface area (Å²) in [4.78, 5) is 17.7. The first-order valence-corrected chi connectivity index (χ1v) is 10.3. The van der Waals surface area contributed by atoms with E-state index in [9.17, 15) is 4.79 Å². The maximum Gasteiger partial charge on any atom is 0.306 e. The smallest absolute Gasteiger partial charge is 0.306 e. The minimum absolute atomic E-state index is 0.183. The first kappa shape index (κ1) is 20.7. The number of hydrogen-bond donors (Lipinski definition) is 0. The lowest BCUT2D eigenvalue weighted by Crippen LogP contribution is -2.10. The second kappa shape index (κ2) is 9.99. The van der Waals surface area contributed by atoms with Gasteiger partial charge < -0.3 is 9.15 Å². The highest BCUT2D eigenvalue weighted by Crippen LogP contribution is 2.28. The number of benzene rings is 2. The standard InChI is InChI=1S/C22H20ClN5O3/c23-18-10-5-4-9-17(18)19-15-24-20(31-19)11-12-21(29)30-14-6-13-28-26-22(25-27-28)16-7-2-1-3-8-16/h1-5,7-10,15H,6,11-14H2. The van der Waals surface area contributed by atoms with Crippen LogP contribution in [0.25, 0.3) is 22.7 Å². The van der Waals surface area contributed by atoms with Crippen LogP contribution in [-0.4, -0.2) is 37.8 Å². The van der Waals surface area contributed by atoms with Crippen LogP contribution < -0.4 is 0 Å². The molecule has 9 heteroatoms. The molecule has 158 valence electrons. The van der Waals surface area contributed by atoms with Gasteiger partial charge in [0.25, 0.3) is 0 Å². The van der Waals surface area contributed by atoms with Gasteiger partial charge in [-0.3, -0.25) is 4.79 Å². The summed E-state index contributed by atoms with van der Waals surface area (Å²) in [6.07, 6.45) is 2.74. The number of rotatable bonds is 9. The highest BCUT2D eigenvalue weighted by Gasteiger charge is 2.12. The van der Waals surface area contributed by atoms with Gasteiger partial charge in [0.15, 0.2) is 11.7 Å². The number of aryl methyl sites for hydroxylation is 2. The molecule has 8 nitrogen and oxygen atoms in total. The van der Waals surface area contributed by atoms with E-state index in [1.165, 1.54) is 4.80 Å². The van der Waals surface area contributed by atoms with Crippen LogP contribution in [0.1, 0.15) is 18.7 Å². The molecule has 0 amide bonds. The van der Waals surface area contributed by atoms with Gasteiger partial charge in [-0.15, -0.1) is 10.2 Å². The largest absolute Gasteiger partial charge is 0.466 e. The van der Waals surface area contributed by atoms with Crippen LogP contribution in [0, 0.1) is 0 Å². The van der Waals surface area contributed by atoms with Crippen LogP contribution in [0.4, 0.5) is 0 Å². The SMILES string of the molecule is O=C(CCc1ncc(-c2ccccc2Cl)o1)OCCCn1nnc(-c2ccccc2)n1. The van der Waals surface area contributed by atoms with Gasteiger partial charge >= 0.3 is 5.97 Å². The van der Waals surface area contributed by atoms with Crippen molar-refractivity contribution in [2.75, 3.05) is 6.61 Å². The average molecular weight is 438 g/mol. The van der Waals surface area contributed by atoms with Crippen molar-refractivity contribution in [2.24, 2.45) is 0 Å². The highest BCUT2D eigenvalue weighted by molar-refractivity contribution is 6.33. The number of ether oxygens (including phenoxy) is 1. The number of oxazole rings is 1. The van der Waals surface area contributed by atoms with Crippen molar-refractivity contribution in [1.29, 1.82) is 0 Å². The van der Waals surface area contributed by atoms with Crippen molar-refractivity contribution in [3.8, 4) is 22.7 Å². The quantitative estimate of drug-likeness (QED) is 0.286. The molecule has 31 heavy (non-hydrogen) atoms. The minimum Gasteiger partial charge on any atom is -0.466 e. The molecule has 0 saturated heterocycles. The average Bonchev–Trinajstić information content (AvgIpc) is 3.46. The van der Waals surface area contributed by atoms with Crippen LogP contribution in [0.15, 0.2) is 65.2 Å². The molecule has 2 heterocycles. The molecule has 0 saturated carbocycles. The number of carbonyl (C=O) groups excluding carboxylic acids is 1. The summed E-state index contributed by atoms with van der Waals surface area (Å²) in [6.45, 7) is 0.783. The fourth-order valence-electron chi connectivity index (χ4n) is 2.93. The number of carbonyl (C=O) groups is 1. The molecule has 2 aromatic carbocycles. The molecule has 0 aliphatic heterocycles. The van der Waals surface area contributed by atoms with E-state index >= 15 is 0 Å². The van der Waals surface area contributed by atoms with Crippen LogP contribution >= 0.6 is 11.6 Å². The normalized spacial score (nSPS) is 10.9. The van der Waals surface area contributed by atoms with Gasteiger partial charge in [-0.2, -0.15) is 4.80 Å². The molecular formula is C22H20ClN5O3. The summed E-state index contributed by atoms with van der Waals surface area (Å²) in [5.74, 6) is 1.30. The molecule has 0 unspecified atom stereocenters. The number of esters is 1. The molecule has 0 aliphatic rings. The van der Waals surface area contributed by atoms with E-state index in [2.05, 4.69) is 20.4 Å². The Kier molecular flexibility index (Phi) is 6.68. The summed E-state index contributed by atoms with van der Waals surface area (Å²) in [5, 5.41) is 13.0. The van der Waals surface area contributed by atoms with Gasteiger partial charge in [0.2, 0.25) is 5.82 Å². The zero-order chi connectivity index (χ0) is 21.5. The molecule has 2 aromatic heterocycles. The molecule has 4 rings (SSSR count). The Hall–Kier alpha value is -3.52. The number of hydrogen-bond acceptors (Lipinski definition) is 7. The molecule has 0 radical (unpaired) electrons. The molecule has 0 fully saturated rings. The maximum atomic E-state index is 12.0. The summed E-state index contributed by atoms with van der Waals surface area (Å²) in [7, 11) is 0. The predicted octanol–water partition coefficient (Wildman–Crippen LogP) is 4.21. The lowest BCUT2D eigenvalue weighted by molar-refractivity contribution is -0.143. The number of tetrazole rings is 1. The van der Waals surface area contributed by atoms with E-state index in [1.807, 2.05) is 48.5 Å². The van der Waals surface area contributed by atoms with Gasteiger partial charge in [-0.1, -0.05) is 54.1 Å². The Morgan fingerprint density at radius 1 is 1.10 bits per heavy atom. The zero-order valence-corrected chi connectivity index (χ0v) is 17.4. The van der Waals surface area contributed by atoms with Crippen LogP contribution in [-0.2, 0) is 22.5 Å². The van der Waals surface area contributed by atoms with Crippen molar-refractivity contribution in [1.82, 2.24) is 25.2 Å². The van der Waals surface area contributed by atoms with E-state index < -0.39 is 0 Å². The number of nitrogens with zero attached hydrogens (tertiary/aromatic N) is 5. The maximum absolute atomic E-state index is 12.0. The van der Waals surface area contributed by atoms with Gasteiger partial charge in [0.1, 0.15) is 0 Å². The zero-order valence-electron chi connectivity index (χ0n) is 16.6. The minimum atomic E-state index is -0.311. The van der Waals surface area contributed by atoms with Crippen LogP contribution in [0.2, 0.25) is 5.02 Å². The van der Waals surface area contributed by atoms with E-state index in [0.29, 0.717) is 41.9 Å². The molecule has 4 aromatic rings. The third kappa shape index (κ3) is 5.55. The van der Waals surface area contributed by atoms with Gasteiger partial charge in [0, 0.05) is 24.0 Å². The summed E-state index contributed by atoms with van der Waals surface area (Å²) < 4.78 is 11.0. The van der Waals surface area contributed by atoms with E-state index in [-0.39, 0.29) is 19.0 Å². The predicted molar refractivity (Wildman–Crippen MR) is 114 cm³/mol. The van der Waals surface area contributed by atoms with Crippen molar-refractivity contribution in [2.45, 2.75) is 25.8 Å². The lowest BCUT2D eigenvalue weighted by Gasteiger charge is -2.03. The van der Waals surface area contributed by atoms with Crippen molar-refractivity contribution < 1.29 is 13.9 Å². The topological polar surface area (TPSA) is 95.9 Å². The summed E-state index contributed by atoms with van der Waals surface area (Å²) in [6, 6.07) is 17.0. The Labute approximate surface area is 183 Å². The Bertz CT molecular complexity index is 1140. The Morgan fingerprint density at radius 3 is 2.74 bits per heavy atom. The summed E-state index contributed by atoms with van der Waals surface area (Å²) in [5.41, 5.74) is 1.67. The van der Waals surface area contributed by atoms with Crippen molar-refractivity contribution in [3.63, 3.8) is 0 Å². The Balaban J connectivity index is 1.18. The van der Waals surface area contributed by atoms with E-state index in [4.69, 9.17) is 20.8 Å². The molecule has 0 atom stereocenters. The lowest BCUT2D eigenvalue weighted by atomic mass is 10.2. The second-order valence-corrected chi connectivity index (χ2v) is 7.15. The summed E-state index contributed by atoms with van der Waals surface area (Å²) >= 11 is 6.17. The first-order chi connectivity index (χ1) is 15.2. The molecular weight excluding hydrogens is 418 g/mol. The van der Waals surface area contributed by atoms with Crippen molar-refractivity contribution in [3.05, 3.63) is 71.7 Å². The molecule has 0 spiro atoms. The van der Waals surface area contributed by atoms with Crippen LogP contribution in [0.5, 0.6) is 0 Å². The molecule has 0 aliphatic carbocycles. The molecule has 0 N–H and O–H groups in total. The van der Waals surface area contributed by atoms with Gasteiger partial charge in [0.05, 0.1) is 30.8 Å². The Morgan fingerprint density at radius 2 is 1.90 bits per heavy atom. The van der Waals surface area contributed by atoms with Gasteiger partial charge in [-0.05, 0) is 17.3 Å². The second-order valence-electron chi connectivity index (χ2n) is 6.75. The molecule has 0 bridgehead atoms. The van der Waals surface area contributed by atoms with E-state index in [1.54, 1.807) is 12.3 Å². The fourth-order valence-corrected chi connectivity index (χ4v) is 3.15.